The first-order valence-corrected chi connectivity index (χ1v) is 4.81. The summed E-state index contributed by atoms with van der Waals surface area (Å²) in [5, 5.41) is 8.23. The molecular weight excluding hydrogens is 195 g/mol. The van der Waals surface area contributed by atoms with Crippen molar-refractivity contribution in [3.8, 4) is 0 Å². The number of ether oxygens (including phenoxy) is 1. The van der Waals surface area contributed by atoms with Gasteiger partial charge in [-0.1, -0.05) is 0 Å². The molecule has 0 aromatic heterocycles. The van der Waals surface area contributed by atoms with Gasteiger partial charge in [-0.3, -0.25) is 4.55 Å². The van der Waals surface area contributed by atoms with Gasteiger partial charge in [0.15, 0.2) is 0 Å². The van der Waals surface area contributed by atoms with Crippen LogP contribution < -0.4 is 0 Å². The average Bonchev–Trinajstić information content (AvgIpc) is 1.85. The van der Waals surface area contributed by atoms with Gasteiger partial charge in [0.1, 0.15) is 0 Å². The van der Waals surface area contributed by atoms with Crippen LogP contribution in [0, 0.1) is 0 Å². The van der Waals surface area contributed by atoms with E-state index < -0.39 is 10.1 Å². The summed E-state index contributed by atoms with van der Waals surface area (Å²) >= 11 is 0. The number of hydrogen-bond acceptors (Lipinski definition) is 4. The van der Waals surface area contributed by atoms with Crippen LogP contribution in [0.1, 0.15) is 6.42 Å². The van der Waals surface area contributed by atoms with Crippen LogP contribution in [0.3, 0.4) is 0 Å². The number of aliphatic hydroxyl groups excluding tert-OH is 1. The standard InChI is InChI=1S/C5H12O5S.Na.H/c6-2-4-10-3-1-5-11(7,8)9;;/h6H,1-5H2,(H,7,8,9);;. The van der Waals surface area contributed by atoms with Gasteiger partial charge in [0, 0.05) is 6.61 Å². The van der Waals surface area contributed by atoms with E-state index in [1.54, 1.807) is 0 Å². The molecule has 0 aliphatic heterocycles. The molecule has 0 aliphatic rings. The van der Waals surface area contributed by atoms with Gasteiger partial charge in [-0.2, -0.15) is 8.42 Å². The molecule has 0 radical (unpaired) electrons. The van der Waals surface area contributed by atoms with Crippen molar-refractivity contribution in [1.82, 2.24) is 0 Å². The van der Waals surface area contributed by atoms with E-state index in [0.717, 1.165) is 0 Å². The van der Waals surface area contributed by atoms with Gasteiger partial charge < -0.3 is 9.84 Å². The topological polar surface area (TPSA) is 83.8 Å². The molecule has 0 bridgehead atoms. The van der Waals surface area contributed by atoms with Crippen molar-refractivity contribution in [2.75, 3.05) is 25.6 Å². The minimum atomic E-state index is -3.85. The van der Waals surface area contributed by atoms with Gasteiger partial charge in [-0.05, 0) is 6.42 Å². The second kappa shape index (κ2) is 8.43. The SMILES string of the molecule is O=S(=O)(O)CCCOCCO.[NaH]. The summed E-state index contributed by atoms with van der Waals surface area (Å²) in [5.41, 5.74) is 0. The average molecular weight is 208 g/mol. The first-order valence-electron chi connectivity index (χ1n) is 3.20. The molecule has 12 heavy (non-hydrogen) atoms. The van der Waals surface area contributed by atoms with E-state index in [-0.39, 0.29) is 61.6 Å². The summed E-state index contributed by atoms with van der Waals surface area (Å²) in [6.07, 6.45) is 0.249. The van der Waals surface area contributed by atoms with E-state index >= 15 is 0 Å². The van der Waals surface area contributed by atoms with Crippen molar-refractivity contribution in [3.63, 3.8) is 0 Å². The van der Waals surface area contributed by atoms with Crippen LogP contribution in [0.25, 0.3) is 0 Å². The monoisotopic (exact) mass is 208 g/mol. The van der Waals surface area contributed by atoms with E-state index in [9.17, 15) is 8.42 Å². The van der Waals surface area contributed by atoms with E-state index in [2.05, 4.69) is 0 Å². The zero-order chi connectivity index (χ0) is 8.74. The molecule has 0 atom stereocenters. The summed E-state index contributed by atoms with van der Waals surface area (Å²) in [6, 6.07) is 0. The van der Waals surface area contributed by atoms with Crippen molar-refractivity contribution < 1.29 is 22.8 Å². The minimum absolute atomic E-state index is 0. The quantitative estimate of drug-likeness (QED) is 0.319. The second-order valence-corrected chi connectivity index (χ2v) is 3.55. The number of aliphatic hydroxyl groups is 1. The zero-order valence-electron chi connectivity index (χ0n) is 6.06. The summed E-state index contributed by atoms with van der Waals surface area (Å²) in [5.74, 6) is -0.293. The van der Waals surface area contributed by atoms with E-state index in [1.165, 1.54) is 0 Å². The number of rotatable bonds is 6. The fraction of sp³-hybridized carbons (Fsp3) is 1.00. The third-order valence-electron chi connectivity index (χ3n) is 0.927. The van der Waals surface area contributed by atoms with Gasteiger partial charge >= 0.3 is 29.6 Å². The van der Waals surface area contributed by atoms with Crippen molar-refractivity contribution in [3.05, 3.63) is 0 Å². The van der Waals surface area contributed by atoms with Crippen molar-refractivity contribution in [2.24, 2.45) is 0 Å². The van der Waals surface area contributed by atoms with Crippen molar-refractivity contribution in [2.45, 2.75) is 6.42 Å². The fourth-order valence-corrected chi connectivity index (χ4v) is 0.993. The molecule has 0 spiro atoms. The Morgan fingerprint density at radius 3 is 2.25 bits per heavy atom. The van der Waals surface area contributed by atoms with Crippen molar-refractivity contribution >= 4 is 39.7 Å². The van der Waals surface area contributed by atoms with Gasteiger partial charge in [0.2, 0.25) is 0 Å². The Hall–Kier alpha value is 0.830. The summed E-state index contributed by atoms with van der Waals surface area (Å²) in [7, 11) is -3.85. The molecule has 5 nitrogen and oxygen atoms in total. The molecule has 2 N–H and O–H groups in total. The van der Waals surface area contributed by atoms with Gasteiger partial charge in [0.05, 0.1) is 19.0 Å². The fourth-order valence-electron chi connectivity index (χ4n) is 0.510. The maximum atomic E-state index is 10.1. The van der Waals surface area contributed by atoms with Gasteiger partial charge in [-0.25, -0.2) is 0 Å². The third kappa shape index (κ3) is 13.4. The third-order valence-corrected chi connectivity index (χ3v) is 1.73. The molecule has 0 aromatic carbocycles. The normalized spacial score (nSPS) is 10.8. The summed E-state index contributed by atoms with van der Waals surface area (Å²) < 4.78 is 33.2. The molecule has 70 valence electrons. The zero-order valence-corrected chi connectivity index (χ0v) is 6.88. The first kappa shape index (κ1) is 15.3. The molecule has 0 saturated heterocycles. The Morgan fingerprint density at radius 1 is 1.25 bits per heavy atom. The molecule has 0 fully saturated rings. The predicted molar refractivity (Wildman–Crippen MR) is 46.1 cm³/mol. The van der Waals surface area contributed by atoms with Crippen LogP contribution in [0.2, 0.25) is 0 Å². The Balaban J connectivity index is 0. The van der Waals surface area contributed by atoms with Crippen LogP contribution in [0.5, 0.6) is 0 Å². The molecule has 0 unspecified atom stereocenters. The van der Waals surface area contributed by atoms with Crippen LogP contribution in [0.15, 0.2) is 0 Å². The first-order chi connectivity index (χ1) is 5.06. The Bertz CT molecular complexity index is 178. The van der Waals surface area contributed by atoms with Crippen LogP contribution in [-0.2, 0) is 14.9 Å². The number of hydrogen-bond donors (Lipinski definition) is 2. The molecule has 7 heteroatoms. The Labute approximate surface area is 94.1 Å². The molecule has 0 heterocycles. The van der Waals surface area contributed by atoms with E-state index in [0.29, 0.717) is 0 Å². The molecule has 0 saturated carbocycles. The van der Waals surface area contributed by atoms with Gasteiger partial charge in [0.25, 0.3) is 10.1 Å². The van der Waals surface area contributed by atoms with E-state index in [4.69, 9.17) is 14.4 Å². The Morgan fingerprint density at radius 2 is 1.83 bits per heavy atom. The second-order valence-electron chi connectivity index (χ2n) is 1.98. The Kier molecular flexibility index (Phi) is 10.8. The predicted octanol–water partition coefficient (Wildman–Crippen LogP) is -1.38. The van der Waals surface area contributed by atoms with Crippen LogP contribution >= 0.6 is 0 Å². The van der Waals surface area contributed by atoms with Crippen LogP contribution in [0.4, 0.5) is 0 Å². The van der Waals surface area contributed by atoms with Gasteiger partial charge in [-0.15, -0.1) is 0 Å². The summed E-state index contributed by atoms with van der Waals surface area (Å²) in [4.78, 5) is 0. The molecule has 0 rings (SSSR count). The molecule has 0 amide bonds. The summed E-state index contributed by atoms with van der Waals surface area (Å²) in [6.45, 7) is 0.359. The maximum absolute atomic E-state index is 10.1. The van der Waals surface area contributed by atoms with Crippen molar-refractivity contribution in [1.29, 1.82) is 0 Å². The molecular formula is C5H13NaO5S. The molecule has 0 aliphatic carbocycles. The van der Waals surface area contributed by atoms with Crippen LogP contribution in [-0.4, -0.2) is 73.2 Å². The molecule has 0 aromatic rings. The van der Waals surface area contributed by atoms with E-state index in [1.807, 2.05) is 0 Å².